The molecule has 1 aliphatic heterocycles. The van der Waals surface area contributed by atoms with E-state index in [1.165, 1.54) is 5.69 Å². The van der Waals surface area contributed by atoms with Gasteiger partial charge in [-0.3, -0.25) is 14.9 Å². The zero-order valence-corrected chi connectivity index (χ0v) is 16.7. The summed E-state index contributed by atoms with van der Waals surface area (Å²) in [5.74, 6) is -0.948. The topological polar surface area (TPSA) is 59.0 Å². The van der Waals surface area contributed by atoms with Gasteiger partial charge in [0.2, 0.25) is 0 Å². The first-order chi connectivity index (χ1) is 13.6. The second kappa shape index (κ2) is 9.68. The maximum Gasteiger partial charge on any atom is 0.255 e. The second-order valence-corrected chi connectivity index (χ2v) is 7.54. The molecule has 6 heteroatoms. The van der Waals surface area contributed by atoms with Crippen LogP contribution in [0, 0.1) is 0 Å². The standard InChI is InChI=1S/C22H30N4O2/c1-24(2)12-13-25-14-16-26(17-15-25)20-10-8-19(9-11-20)21(22(27)23-28)18-6-4-3-5-7-18/h3-11,21,28H,12-17H2,1-2H3,(H,23,27). The summed E-state index contributed by atoms with van der Waals surface area (Å²) >= 11 is 0. The number of hydrogen-bond donors (Lipinski definition) is 2. The number of amides is 1. The zero-order valence-electron chi connectivity index (χ0n) is 16.7. The lowest BCUT2D eigenvalue weighted by Gasteiger charge is -2.36. The Kier molecular flexibility index (Phi) is 7.03. The number of piperazine rings is 1. The van der Waals surface area contributed by atoms with E-state index < -0.39 is 11.8 Å². The lowest BCUT2D eigenvalue weighted by Crippen LogP contribution is -2.48. The molecule has 3 rings (SSSR count). The van der Waals surface area contributed by atoms with Gasteiger partial charge in [0.05, 0.1) is 5.92 Å². The van der Waals surface area contributed by atoms with Crippen LogP contribution in [0.15, 0.2) is 54.6 Å². The van der Waals surface area contributed by atoms with Gasteiger partial charge >= 0.3 is 0 Å². The van der Waals surface area contributed by atoms with Gasteiger partial charge in [0.15, 0.2) is 0 Å². The average Bonchev–Trinajstić information content (AvgIpc) is 2.74. The van der Waals surface area contributed by atoms with Crippen molar-refractivity contribution in [2.24, 2.45) is 0 Å². The van der Waals surface area contributed by atoms with Crippen molar-refractivity contribution < 1.29 is 10.0 Å². The summed E-state index contributed by atoms with van der Waals surface area (Å²) in [7, 11) is 4.22. The van der Waals surface area contributed by atoms with Crippen LogP contribution in [0.2, 0.25) is 0 Å². The van der Waals surface area contributed by atoms with Crippen molar-refractivity contribution in [2.45, 2.75) is 5.92 Å². The number of anilines is 1. The number of rotatable bonds is 7. The smallest absolute Gasteiger partial charge is 0.255 e. The third kappa shape index (κ3) is 5.10. The minimum absolute atomic E-state index is 0.423. The molecule has 0 radical (unpaired) electrons. The molecule has 0 spiro atoms. The minimum Gasteiger partial charge on any atom is -0.369 e. The molecule has 1 aliphatic rings. The van der Waals surface area contributed by atoms with Crippen LogP contribution in [0.25, 0.3) is 0 Å². The number of carbonyl (C=O) groups excluding carboxylic acids is 1. The van der Waals surface area contributed by atoms with Gasteiger partial charge in [0, 0.05) is 45.0 Å². The molecule has 2 aromatic carbocycles. The molecule has 1 heterocycles. The lowest BCUT2D eigenvalue weighted by atomic mass is 9.90. The molecule has 0 saturated carbocycles. The monoisotopic (exact) mass is 382 g/mol. The van der Waals surface area contributed by atoms with Crippen LogP contribution in [0.3, 0.4) is 0 Å². The molecule has 0 aromatic heterocycles. The van der Waals surface area contributed by atoms with Crippen LogP contribution in [-0.4, -0.2) is 74.3 Å². The lowest BCUT2D eigenvalue weighted by molar-refractivity contribution is -0.129. The number of carbonyl (C=O) groups is 1. The molecule has 150 valence electrons. The Hall–Kier alpha value is -2.41. The summed E-state index contributed by atoms with van der Waals surface area (Å²) in [6.07, 6.45) is 0. The molecule has 1 atom stereocenters. The Labute approximate surface area is 167 Å². The van der Waals surface area contributed by atoms with E-state index in [1.807, 2.05) is 42.5 Å². The van der Waals surface area contributed by atoms with E-state index in [4.69, 9.17) is 0 Å². The highest BCUT2D eigenvalue weighted by Crippen LogP contribution is 2.27. The number of benzene rings is 2. The van der Waals surface area contributed by atoms with Crippen LogP contribution < -0.4 is 10.4 Å². The molecule has 1 saturated heterocycles. The van der Waals surface area contributed by atoms with E-state index >= 15 is 0 Å². The first-order valence-electron chi connectivity index (χ1n) is 9.79. The number of hydrogen-bond acceptors (Lipinski definition) is 5. The Morgan fingerprint density at radius 1 is 1.00 bits per heavy atom. The van der Waals surface area contributed by atoms with Gasteiger partial charge in [0.25, 0.3) is 5.91 Å². The number of likely N-dealkylation sites (N-methyl/N-ethyl adjacent to an activating group) is 1. The van der Waals surface area contributed by atoms with E-state index in [0.29, 0.717) is 0 Å². The molecule has 2 aromatic rings. The van der Waals surface area contributed by atoms with Crippen molar-refractivity contribution in [1.82, 2.24) is 15.3 Å². The largest absolute Gasteiger partial charge is 0.369 e. The Balaban J connectivity index is 1.67. The molecule has 0 aliphatic carbocycles. The molecule has 1 fully saturated rings. The van der Waals surface area contributed by atoms with Crippen LogP contribution in [-0.2, 0) is 4.79 Å². The van der Waals surface area contributed by atoms with E-state index in [2.05, 4.69) is 40.9 Å². The van der Waals surface area contributed by atoms with E-state index in [9.17, 15) is 10.0 Å². The highest BCUT2D eigenvalue weighted by Gasteiger charge is 2.23. The SMILES string of the molecule is CN(C)CCN1CCN(c2ccc(C(C(=O)NO)c3ccccc3)cc2)CC1. The number of nitrogens with one attached hydrogen (secondary N) is 1. The first kappa shape index (κ1) is 20.3. The summed E-state index contributed by atoms with van der Waals surface area (Å²) in [5, 5.41) is 9.17. The molecule has 2 N–H and O–H groups in total. The van der Waals surface area contributed by atoms with Crippen LogP contribution >= 0.6 is 0 Å². The van der Waals surface area contributed by atoms with E-state index in [-0.39, 0.29) is 0 Å². The maximum absolute atomic E-state index is 12.3. The van der Waals surface area contributed by atoms with Crippen molar-refractivity contribution in [1.29, 1.82) is 0 Å². The third-order valence-electron chi connectivity index (χ3n) is 5.33. The Bertz CT molecular complexity index is 741. The highest BCUT2D eigenvalue weighted by molar-refractivity contribution is 5.86. The van der Waals surface area contributed by atoms with E-state index in [1.54, 1.807) is 5.48 Å². The quantitative estimate of drug-likeness (QED) is 0.567. The normalized spacial score (nSPS) is 16.2. The molecule has 6 nitrogen and oxygen atoms in total. The molecular weight excluding hydrogens is 352 g/mol. The summed E-state index contributed by atoms with van der Waals surface area (Å²) < 4.78 is 0. The van der Waals surface area contributed by atoms with Gasteiger partial charge in [-0.1, -0.05) is 42.5 Å². The maximum atomic E-state index is 12.3. The summed E-state index contributed by atoms with van der Waals surface area (Å²) in [6.45, 7) is 6.33. The third-order valence-corrected chi connectivity index (χ3v) is 5.33. The van der Waals surface area contributed by atoms with E-state index in [0.717, 1.165) is 50.4 Å². The van der Waals surface area contributed by atoms with Crippen molar-refractivity contribution in [3.8, 4) is 0 Å². The van der Waals surface area contributed by atoms with Crippen molar-refractivity contribution in [3.63, 3.8) is 0 Å². The van der Waals surface area contributed by atoms with Crippen LogP contribution in [0.4, 0.5) is 5.69 Å². The zero-order chi connectivity index (χ0) is 19.9. The van der Waals surface area contributed by atoms with Crippen LogP contribution in [0.5, 0.6) is 0 Å². The van der Waals surface area contributed by atoms with Crippen molar-refractivity contribution >= 4 is 11.6 Å². The Morgan fingerprint density at radius 3 is 2.18 bits per heavy atom. The number of nitrogens with zero attached hydrogens (tertiary/aromatic N) is 3. The second-order valence-electron chi connectivity index (χ2n) is 7.54. The summed E-state index contributed by atoms with van der Waals surface area (Å²) in [5.41, 5.74) is 4.70. The first-order valence-corrected chi connectivity index (χ1v) is 9.79. The van der Waals surface area contributed by atoms with Gasteiger partial charge in [-0.05, 0) is 37.4 Å². The molecule has 28 heavy (non-hydrogen) atoms. The van der Waals surface area contributed by atoms with Crippen LogP contribution in [0.1, 0.15) is 17.0 Å². The van der Waals surface area contributed by atoms with Gasteiger partial charge in [-0.25, -0.2) is 5.48 Å². The Morgan fingerprint density at radius 2 is 1.61 bits per heavy atom. The average molecular weight is 383 g/mol. The van der Waals surface area contributed by atoms with Crippen molar-refractivity contribution in [2.75, 3.05) is 58.3 Å². The fourth-order valence-electron chi connectivity index (χ4n) is 3.65. The molecule has 1 amide bonds. The summed E-state index contributed by atoms with van der Waals surface area (Å²) in [6, 6.07) is 17.6. The predicted molar refractivity (Wildman–Crippen MR) is 112 cm³/mol. The van der Waals surface area contributed by atoms with Gasteiger partial charge in [0.1, 0.15) is 0 Å². The van der Waals surface area contributed by atoms with Gasteiger partial charge in [-0.2, -0.15) is 0 Å². The van der Waals surface area contributed by atoms with Crippen molar-refractivity contribution in [3.05, 3.63) is 65.7 Å². The van der Waals surface area contributed by atoms with Gasteiger partial charge in [-0.15, -0.1) is 0 Å². The fraction of sp³-hybridized carbons (Fsp3) is 0.409. The molecule has 0 bridgehead atoms. The molecule has 1 unspecified atom stereocenters. The molecular formula is C22H30N4O2. The summed E-state index contributed by atoms with van der Waals surface area (Å²) in [4.78, 5) is 19.4. The fourth-order valence-corrected chi connectivity index (χ4v) is 3.65. The number of hydroxylamine groups is 1. The minimum atomic E-state index is -0.525. The predicted octanol–water partition coefficient (Wildman–Crippen LogP) is 2.01. The van der Waals surface area contributed by atoms with Gasteiger partial charge < -0.3 is 9.80 Å². The highest BCUT2D eigenvalue weighted by atomic mass is 16.5.